The van der Waals surface area contributed by atoms with E-state index in [0.29, 0.717) is 22.9 Å². The number of H-pyrrole nitrogens is 2. The van der Waals surface area contributed by atoms with Crippen LogP contribution in [0.1, 0.15) is 12.8 Å². The summed E-state index contributed by atoms with van der Waals surface area (Å²) in [6.07, 6.45) is 6.99. The summed E-state index contributed by atoms with van der Waals surface area (Å²) in [6.45, 7) is 0. The Hall–Kier alpha value is -4.92. The number of benzene rings is 2. The minimum atomic E-state index is -0.297. The van der Waals surface area contributed by atoms with Gasteiger partial charge in [0.05, 0.1) is 28.3 Å². The fourth-order valence-corrected chi connectivity index (χ4v) is 4.53. The van der Waals surface area contributed by atoms with Gasteiger partial charge >= 0.3 is 0 Å². The number of hydrogen-bond donors (Lipinski definition) is 3. The zero-order valence-corrected chi connectivity index (χ0v) is 19.5. The number of aromatic nitrogens is 6. The van der Waals surface area contributed by atoms with Gasteiger partial charge in [-0.2, -0.15) is 5.10 Å². The van der Waals surface area contributed by atoms with Crippen LogP contribution in [0, 0.1) is 11.7 Å². The molecule has 3 N–H and O–H groups in total. The molecule has 0 aliphatic heterocycles. The first kappa shape index (κ1) is 21.4. The standard InChI is InChI=1S/C28H20FN7O/c29-19-4-1-3-16(9-19)21-5-2-6-23-24(21)34-27(33-23)25-22-11-18(13-31-26(22)36-35-25)17-10-20(14-30-12-17)32-28(37)15-7-8-15/h1-6,9-15H,7-8H2,(H,32,37)(H,33,34)(H,31,35,36). The van der Waals surface area contributed by atoms with Gasteiger partial charge in [-0.1, -0.05) is 24.3 Å². The van der Waals surface area contributed by atoms with E-state index in [0.717, 1.165) is 51.5 Å². The average Bonchev–Trinajstić information content (AvgIpc) is 3.55. The van der Waals surface area contributed by atoms with Crippen molar-refractivity contribution < 1.29 is 9.18 Å². The van der Waals surface area contributed by atoms with E-state index in [2.05, 4.69) is 30.5 Å². The summed E-state index contributed by atoms with van der Waals surface area (Å²) in [5, 5.41) is 11.1. The number of halogens is 1. The van der Waals surface area contributed by atoms with Gasteiger partial charge in [0.25, 0.3) is 0 Å². The lowest BCUT2D eigenvalue weighted by Crippen LogP contribution is -2.13. The number of para-hydroxylation sites is 1. The van der Waals surface area contributed by atoms with Crippen LogP contribution in [0.4, 0.5) is 10.1 Å². The maximum atomic E-state index is 13.9. The summed E-state index contributed by atoms with van der Waals surface area (Å²) in [7, 11) is 0. The Morgan fingerprint density at radius 1 is 0.973 bits per heavy atom. The van der Waals surface area contributed by atoms with Gasteiger partial charge in [0.1, 0.15) is 11.5 Å². The van der Waals surface area contributed by atoms with E-state index in [1.807, 2.05) is 36.4 Å². The summed E-state index contributed by atoms with van der Waals surface area (Å²) in [4.78, 5) is 29.2. The third-order valence-corrected chi connectivity index (χ3v) is 6.58. The third kappa shape index (κ3) is 3.90. The Balaban J connectivity index is 1.28. The molecule has 0 radical (unpaired) electrons. The molecule has 6 aromatic rings. The molecule has 0 spiro atoms. The first-order chi connectivity index (χ1) is 18.1. The van der Waals surface area contributed by atoms with Crippen LogP contribution in [0.5, 0.6) is 0 Å². The van der Waals surface area contributed by atoms with E-state index in [-0.39, 0.29) is 17.6 Å². The van der Waals surface area contributed by atoms with E-state index in [1.165, 1.54) is 12.1 Å². The third-order valence-electron chi connectivity index (χ3n) is 6.58. The van der Waals surface area contributed by atoms with Gasteiger partial charge in [0.15, 0.2) is 11.5 Å². The zero-order valence-electron chi connectivity index (χ0n) is 19.5. The lowest BCUT2D eigenvalue weighted by atomic mass is 10.0. The molecule has 1 saturated carbocycles. The number of anilines is 1. The van der Waals surface area contributed by atoms with Crippen LogP contribution < -0.4 is 5.32 Å². The minimum Gasteiger partial charge on any atom is -0.337 e. The lowest BCUT2D eigenvalue weighted by Gasteiger charge is -2.06. The minimum absolute atomic E-state index is 0.0344. The van der Waals surface area contributed by atoms with Crippen molar-refractivity contribution in [1.29, 1.82) is 0 Å². The predicted molar refractivity (Wildman–Crippen MR) is 139 cm³/mol. The summed E-state index contributed by atoms with van der Waals surface area (Å²) in [6, 6.07) is 16.1. The second kappa shape index (κ2) is 8.34. The number of nitrogens with one attached hydrogen (secondary N) is 3. The SMILES string of the molecule is O=C(Nc1cncc(-c2cnc3n[nH]c(-c4nc5c(-c6cccc(F)c6)cccc5[nH]4)c3c2)c1)C1CC1. The van der Waals surface area contributed by atoms with E-state index in [9.17, 15) is 9.18 Å². The molecule has 0 unspecified atom stereocenters. The lowest BCUT2D eigenvalue weighted by molar-refractivity contribution is -0.117. The molecule has 1 aliphatic carbocycles. The van der Waals surface area contributed by atoms with Crippen molar-refractivity contribution in [3.63, 3.8) is 0 Å². The molecule has 2 aromatic carbocycles. The number of carbonyl (C=O) groups is 1. The monoisotopic (exact) mass is 489 g/mol. The van der Waals surface area contributed by atoms with Crippen molar-refractivity contribution >= 4 is 33.7 Å². The molecule has 7 rings (SSSR count). The Morgan fingerprint density at radius 2 is 1.84 bits per heavy atom. The highest BCUT2D eigenvalue weighted by molar-refractivity contribution is 5.98. The number of rotatable bonds is 5. The molecule has 0 bridgehead atoms. The van der Waals surface area contributed by atoms with Crippen LogP contribution in [0.15, 0.2) is 73.2 Å². The van der Waals surface area contributed by atoms with Crippen LogP contribution in [0.2, 0.25) is 0 Å². The van der Waals surface area contributed by atoms with E-state index < -0.39 is 0 Å². The average molecular weight is 490 g/mol. The molecule has 4 aromatic heterocycles. The summed E-state index contributed by atoms with van der Waals surface area (Å²) in [5.41, 5.74) is 6.71. The van der Waals surface area contributed by atoms with Gasteiger partial charge in [-0.15, -0.1) is 0 Å². The second-order valence-electron chi connectivity index (χ2n) is 9.22. The van der Waals surface area contributed by atoms with Crippen LogP contribution in [0.25, 0.3) is 55.8 Å². The van der Waals surface area contributed by atoms with Gasteiger partial charge in [0.2, 0.25) is 5.91 Å². The number of hydrogen-bond acceptors (Lipinski definition) is 5. The molecular formula is C28H20FN7O. The maximum absolute atomic E-state index is 13.9. The van der Waals surface area contributed by atoms with Gasteiger partial charge in [-0.05, 0) is 48.7 Å². The number of fused-ring (bicyclic) bond motifs is 2. The van der Waals surface area contributed by atoms with Crippen molar-refractivity contribution in [2.24, 2.45) is 5.92 Å². The highest BCUT2D eigenvalue weighted by Crippen LogP contribution is 2.33. The fourth-order valence-electron chi connectivity index (χ4n) is 4.53. The van der Waals surface area contributed by atoms with Gasteiger partial charge < -0.3 is 10.3 Å². The largest absolute Gasteiger partial charge is 0.337 e. The topological polar surface area (TPSA) is 112 Å². The highest BCUT2D eigenvalue weighted by Gasteiger charge is 2.29. The zero-order chi connectivity index (χ0) is 24.9. The molecule has 9 heteroatoms. The molecule has 1 aliphatic rings. The maximum Gasteiger partial charge on any atom is 0.227 e. The summed E-state index contributed by atoms with van der Waals surface area (Å²) in [5.74, 6) is 0.450. The number of aromatic amines is 2. The van der Waals surface area contributed by atoms with Crippen molar-refractivity contribution in [1.82, 2.24) is 30.1 Å². The van der Waals surface area contributed by atoms with Crippen LogP contribution in [-0.4, -0.2) is 36.0 Å². The van der Waals surface area contributed by atoms with Crippen molar-refractivity contribution in [2.45, 2.75) is 12.8 Å². The van der Waals surface area contributed by atoms with E-state index in [1.54, 1.807) is 24.7 Å². The van der Waals surface area contributed by atoms with Crippen LogP contribution in [-0.2, 0) is 4.79 Å². The molecule has 1 fully saturated rings. The Bertz CT molecular complexity index is 1820. The Labute approximate surface area is 210 Å². The van der Waals surface area contributed by atoms with Crippen molar-refractivity contribution in [3.05, 3.63) is 79.0 Å². The number of pyridine rings is 2. The summed E-state index contributed by atoms with van der Waals surface area (Å²) < 4.78 is 13.9. The quantitative estimate of drug-likeness (QED) is 0.287. The second-order valence-corrected chi connectivity index (χ2v) is 9.22. The number of nitrogens with zero attached hydrogens (tertiary/aromatic N) is 4. The number of carbonyl (C=O) groups excluding carboxylic acids is 1. The van der Waals surface area contributed by atoms with E-state index in [4.69, 9.17) is 4.98 Å². The molecule has 4 heterocycles. The molecule has 8 nitrogen and oxygen atoms in total. The Morgan fingerprint density at radius 3 is 2.70 bits per heavy atom. The first-order valence-corrected chi connectivity index (χ1v) is 12.0. The van der Waals surface area contributed by atoms with Gasteiger partial charge in [0, 0.05) is 35.0 Å². The molecule has 1 amide bonds. The molecule has 180 valence electrons. The Kier molecular flexibility index (Phi) is 4.81. The molecule has 0 atom stereocenters. The normalized spacial score (nSPS) is 13.3. The van der Waals surface area contributed by atoms with Gasteiger partial charge in [-0.25, -0.2) is 14.4 Å². The predicted octanol–water partition coefficient (Wildman–Crippen LogP) is 5.72. The smallest absolute Gasteiger partial charge is 0.227 e. The molecule has 0 saturated heterocycles. The van der Waals surface area contributed by atoms with Gasteiger partial charge in [-0.3, -0.25) is 14.9 Å². The molecule has 37 heavy (non-hydrogen) atoms. The molecular weight excluding hydrogens is 469 g/mol. The fraction of sp³-hybridized carbons (Fsp3) is 0.107. The van der Waals surface area contributed by atoms with Crippen molar-refractivity contribution in [2.75, 3.05) is 5.32 Å². The first-order valence-electron chi connectivity index (χ1n) is 12.0. The number of imidazole rings is 1. The highest BCUT2D eigenvalue weighted by atomic mass is 19.1. The van der Waals surface area contributed by atoms with Crippen LogP contribution >= 0.6 is 0 Å². The van der Waals surface area contributed by atoms with Crippen molar-refractivity contribution in [3.8, 4) is 33.8 Å². The summed E-state index contributed by atoms with van der Waals surface area (Å²) >= 11 is 0. The number of amides is 1. The van der Waals surface area contributed by atoms with Crippen LogP contribution in [0.3, 0.4) is 0 Å². The van der Waals surface area contributed by atoms with E-state index >= 15 is 0 Å².